The molecule has 0 amide bonds. The Morgan fingerprint density at radius 3 is 2.66 bits per heavy atom. The summed E-state index contributed by atoms with van der Waals surface area (Å²) >= 11 is 6.04. The van der Waals surface area contributed by atoms with Gasteiger partial charge in [0, 0.05) is 43.8 Å². The second kappa shape index (κ2) is 8.86. The quantitative estimate of drug-likeness (QED) is 0.253. The van der Waals surface area contributed by atoms with Gasteiger partial charge in [0.05, 0.1) is 11.2 Å². The molecule has 0 saturated heterocycles. The first kappa shape index (κ1) is 22.2. The SMILES string of the molecule is C[Si](C)(C)CCOCn1cc(-c2ccc3ncc(C#N)n3c2)c(-c2ccc(F)c(Cl)c2)n1. The molecule has 1 aromatic carbocycles. The number of benzene rings is 1. The number of ether oxygens (including phenoxy) is 1. The van der Waals surface area contributed by atoms with Gasteiger partial charge in [-0.05, 0) is 36.4 Å². The zero-order valence-electron chi connectivity index (χ0n) is 18.1. The van der Waals surface area contributed by atoms with Crippen molar-refractivity contribution in [2.75, 3.05) is 6.61 Å². The molecule has 0 bridgehead atoms. The third-order valence-corrected chi connectivity index (χ3v) is 7.10. The number of rotatable bonds is 7. The number of aromatic nitrogens is 4. The molecular weight excluding hydrogens is 445 g/mol. The number of fused-ring (bicyclic) bond motifs is 1. The summed E-state index contributed by atoms with van der Waals surface area (Å²) in [5.41, 5.74) is 4.13. The van der Waals surface area contributed by atoms with Gasteiger partial charge in [0.15, 0.2) is 0 Å². The molecule has 0 aliphatic heterocycles. The van der Waals surface area contributed by atoms with Gasteiger partial charge >= 0.3 is 0 Å². The van der Waals surface area contributed by atoms with Gasteiger partial charge in [0.1, 0.15) is 35.7 Å². The summed E-state index contributed by atoms with van der Waals surface area (Å²) in [6.07, 6.45) is 5.28. The van der Waals surface area contributed by atoms with Gasteiger partial charge in [-0.2, -0.15) is 10.4 Å². The first-order chi connectivity index (χ1) is 15.2. The van der Waals surface area contributed by atoms with E-state index in [0.29, 0.717) is 35.9 Å². The summed E-state index contributed by atoms with van der Waals surface area (Å²) < 4.78 is 23.1. The van der Waals surface area contributed by atoms with Crippen LogP contribution in [0.4, 0.5) is 4.39 Å². The van der Waals surface area contributed by atoms with Crippen molar-refractivity contribution in [3.8, 4) is 28.5 Å². The zero-order chi connectivity index (χ0) is 22.9. The highest BCUT2D eigenvalue weighted by Gasteiger charge is 2.17. The lowest BCUT2D eigenvalue weighted by Gasteiger charge is -2.15. The minimum absolute atomic E-state index is 0.0335. The van der Waals surface area contributed by atoms with E-state index < -0.39 is 13.9 Å². The zero-order valence-corrected chi connectivity index (χ0v) is 19.9. The molecule has 0 unspecified atom stereocenters. The van der Waals surface area contributed by atoms with Crippen LogP contribution in [0, 0.1) is 17.1 Å². The molecule has 0 spiro atoms. The summed E-state index contributed by atoms with van der Waals surface area (Å²) in [5, 5.41) is 14.1. The Morgan fingerprint density at radius 2 is 1.94 bits per heavy atom. The van der Waals surface area contributed by atoms with E-state index in [2.05, 4.69) is 30.7 Å². The highest BCUT2D eigenvalue weighted by atomic mass is 35.5. The summed E-state index contributed by atoms with van der Waals surface area (Å²) in [6.45, 7) is 7.90. The van der Waals surface area contributed by atoms with E-state index in [0.717, 1.165) is 17.2 Å². The van der Waals surface area contributed by atoms with Crippen LogP contribution in [0.15, 0.2) is 48.9 Å². The van der Waals surface area contributed by atoms with Crippen molar-refractivity contribution in [2.45, 2.75) is 32.4 Å². The fourth-order valence-corrected chi connectivity index (χ4v) is 4.25. The summed E-state index contributed by atoms with van der Waals surface area (Å²) in [7, 11) is -1.19. The van der Waals surface area contributed by atoms with Gasteiger partial charge in [-0.25, -0.2) is 14.1 Å². The summed E-state index contributed by atoms with van der Waals surface area (Å²) in [4.78, 5) is 4.24. The fourth-order valence-electron chi connectivity index (χ4n) is 3.31. The molecule has 9 heteroatoms. The van der Waals surface area contributed by atoms with Crippen LogP contribution in [0.2, 0.25) is 30.7 Å². The standard InChI is InChI=1S/C23H23ClFN5OSi/c1-32(2,3)9-8-31-15-29-14-19(23(28-29)16-4-6-21(25)20(24)10-16)17-5-7-22-27-12-18(11-26)30(22)13-17/h4-7,10,12-14H,8-9,15H2,1-3H3. The first-order valence-electron chi connectivity index (χ1n) is 10.2. The van der Waals surface area contributed by atoms with Crippen LogP contribution in [0.25, 0.3) is 28.0 Å². The second-order valence-electron chi connectivity index (χ2n) is 8.81. The van der Waals surface area contributed by atoms with Crippen LogP contribution < -0.4 is 0 Å². The Bertz CT molecular complexity index is 1320. The maximum atomic E-state index is 13.8. The van der Waals surface area contributed by atoms with Crippen molar-refractivity contribution in [3.05, 3.63) is 65.5 Å². The second-order valence-corrected chi connectivity index (χ2v) is 14.8. The predicted molar refractivity (Wildman–Crippen MR) is 126 cm³/mol. The number of nitrogens with zero attached hydrogens (tertiary/aromatic N) is 5. The third kappa shape index (κ3) is 4.75. The smallest absolute Gasteiger partial charge is 0.144 e. The minimum atomic E-state index is -1.19. The average molecular weight is 468 g/mol. The summed E-state index contributed by atoms with van der Waals surface area (Å²) in [6, 6.07) is 11.5. The molecule has 0 saturated carbocycles. The Labute approximate surface area is 191 Å². The van der Waals surface area contributed by atoms with Crippen molar-refractivity contribution >= 4 is 25.3 Å². The van der Waals surface area contributed by atoms with E-state index in [4.69, 9.17) is 21.4 Å². The Balaban J connectivity index is 1.73. The highest BCUT2D eigenvalue weighted by molar-refractivity contribution is 6.76. The van der Waals surface area contributed by atoms with Crippen LogP contribution >= 0.6 is 11.6 Å². The van der Waals surface area contributed by atoms with Crippen LogP contribution in [0.1, 0.15) is 5.69 Å². The van der Waals surface area contributed by atoms with Gasteiger partial charge in [0.2, 0.25) is 0 Å². The molecule has 3 aromatic heterocycles. The molecule has 3 heterocycles. The van der Waals surface area contributed by atoms with Crippen LogP contribution in [0.3, 0.4) is 0 Å². The maximum Gasteiger partial charge on any atom is 0.144 e. The van der Waals surface area contributed by atoms with E-state index in [1.807, 2.05) is 24.5 Å². The van der Waals surface area contributed by atoms with E-state index in [1.165, 1.54) is 12.3 Å². The largest absolute Gasteiger partial charge is 0.360 e. The number of hydrogen-bond acceptors (Lipinski definition) is 4. The van der Waals surface area contributed by atoms with Crippen molar-refractivity contribution in [3.63, 3.8) is 0 Å². The molecule has 0 aliphatic carbocycles. The molecule has 0 atom stereocenters. The topological polar surface area (TPSA) is 68.1 Å². The van der Waals surface area contributed by atoms with Crippen LogP contribution in [-0.4, -0.2) is 33.8 Å². The number of hydrogen-bond donors (Lipinski definition) is 0. The lowest BCUT2D eigenvalue weighted by Crippen LogP contribution is -2.22. The van der Waals surface area contributed by atoms with Gasteiger partial charge in [-0.1, -0.05) is 31.2 Å². The predicted octanol–water partition coefficient (Wildman–Crippen LogP) is 5.84. The number of pyridine rings is 1. The molecule has 32 heavy (non-hydrogen) atoms. The monoisotopic (exact) mass is 467 g/mol. The average Bonchev–Trinajstić information content (AvgIpc) is 3.36. The fraction of sp³-hybridized carbons (Fsp3) is 0.261. The lowest BCUT2D eigenvalue weighted by atomic mass is 10.0. The Hall–Kier alpha value is -2.99. The first-order valence-corrected chi connectivity index (χ1v) is 14.3. The summed E-state index contributed by atoms with van der Waals surface area (Å²) in [5.74, 6) is -0.482. The van der Waals surface area contributed by atoms with Crippen molar-refractivity contribution in [1.82, 2.24) is 19.2 Å². The molecule has 4 aromatic rings. The minimum Gasteiger partial charge on any atom is -0.360 e. The molecule has 164 valence electrons. The van der Waals surface area contributed by atoms with Crippen LogP contribution in [0.5, 0.6) is 0 Å². The highest BCUT2D eigenvalue weighted by Crippen LogP contribution is 2.33. The van der Waals surface area contributed by atoms with E-state index in [-0.39, 0.29) is 5.02 Å². The molecule has 0 aliphatic rings. The van der Waals surface area contributed by atoms with Gasteiger partial charge in [0.25, 0.3) is 0 Å². The Kier molecular flexibility index (Phi) is 6.15. The number of nitriles is 1. The van der Waals surface area contributed by atoms with Gasteiger partial charge in [-0.3, -0.25) is 4.40 Å². The Morgan fingerprint density at radius 1 is 1.16 bits per heavy atom. The van der Waals surface area contributed by atoms with E-state index >= 15 is 0 Å². The van der Waals surface area contributed by atoms with Gasteiger partial charge in [-0.15, -0.1) is 0 Å². The molecule has 0 fully saturated rings. The van der Waals surface area contributed by atoms with E-state index in [9.17, 15) is 9.65 Å². The van der Waals surface area contributed by atoms with E-state index in [1.54, 1.807) is 21.2 Å². The molecule has 0 N–H and O–H groups in total. The van der Waals surface area contributed by atoms with Crippen molar-refractivity contribution in [1.29, 1.82) is 5.26 Å². The normalized spacial score (nSPS) is 11.8. The third-order valence-electron chi connectivity index (χ3n) is 5.11. The lowest BCUT2D eigenvalue weighted by molar-refractivity contribution is 0.0788. The molecule has 4 rings (SSSR count). The molecule has 0 radical (unpaired) electrons. The molecule has 6 nitrogen and oxygen atoms in total. The van der Waals surface area contributed by atoms with Crippen molar-refractivity contribution in [2.24, 2.45) is 0 Å². The van der Waals surface area contributed by atoms with Gasteiger partial charge < -0.3 is 4.74 Å². The maximum absolute atomic E-state index is 13.8. The number of halogens is 2. The van der Waals surface area contributed by atoms with Crippen molar-refractivity contribution < 1.29 is 9.13 Å². The molecular formula is C23H23ClFN5OSi. The van der Waals surface area contributed by atoms with Crippen LogP contribution in [-0.2, 0) is 11.5 Å². The number of imidazole rings is 1.